The second kappa shape index (κ2) is 6.20. The maximum absolute atomic E-state index is 12.7. The van der Waals surface area contributed by atoms with Gasteiger partial charge >= 0.3 is 0 Å². The maximum atomic E-state index is 12.7. The first-order valence-corrected chi connectivity index (χ1v) is 7.60. The third kappa shape index (κ3) is 2.69. The molecule has 1 fully saturated rings. The number of likely N-dealkylation sites (N-methyl/N-ethyl adjacent to an activating group) is 1. The molecule has 3 rings (SSSR count). The summed E-state index contributed by atoms with van der Waals surface area (Å²) in [6.07, 6.45) is 6.37. The van der Waals surface area contributed by atoms with Gasteiger partial charge in [-0.15, -0.1) is 0 Å². The van der Waals surface area contributed by atoms with Crippen molar-refractivity contribution in [2.45, 2.75) is 18.4 Å². The minimum atomic E-state index is -0.874. The fourth-order valence-corrected chi connectivity index (χ4v) is 3.09. The van der Waals surface area contributed by atoms with Crippen LogP contribution in [0.1, 0.15) is 23.3 Å². The number of carbonyl (C=O) groups excluding carboxylic acids is 2. The predicted molar refractivity (Wildman–Crippen MR) is 83.6 cm³/mol. The first kappa shape index (κ1) is 15.2. The summed E-state index contributed by atoms with van der Waals surface area (Å²) in [6.45, 7) is 0.888. The Balaban J connectivity index is 1.91. The highest BCUT2D eigenvalue weighted by atomic mass is 16.2. The van der Waals surface area contributed by atoms with E-state index >= 15 is 0 Å². The third-order valence-electron chi connectivity index (χ3n) is 4.23. The second-order valence-electron chi connectivity index (χ2n) is 5.61. The third-order valence-corrected chi connectivity index (χ3v) is 4.23. The summed E-state index contributed by atoms with van der Waals surface area (Å²) in [5.41, 5.74) is -0.485. The minimum absolute atomic E-state index is 0.139. The van der Waals surface area contributed by atoms with Crippen LogP contribution in [0.25, 0.3) is 0 Å². The molecule has 2 aromatic rings. The van der Waals surface area contributed by atoms with Crippen LogP contribution in [-0.2, 0) is 10.3 Å². The van der Waals surface area contributed by atoms with Crippen molar-refractivity contribution >= 4 is 11.8 Å². The number of carbonyl (C=O) groups is 2. The highest BCUT2D eigenvalue weighted by Gasteiger charge is 2.45. The highest BCUT2D eigenvalue weighted by molar-refractivity contribution is 5.93. The number of hydrogen-bond donors (Lipinski definition) is 1. The number of rotatable bonds is 3. The summed E-state index contributed by atoms with van der Waals surface area (Å²) in [4.78, 5) is 31.0. The standard InChI is InChI=1S/C16H19N5O2/c1-17-15(23)16(21-11-5-9-19-21)7-4-10-20(12-16)14(22)13-6-2-3-8-18-13/h2-3,5-6,8-9,11H,4,7,10,12H2,1H3,(H,17,23). The second-order valence-corrected chi connectivity index (χ2v) is 5.61. The lowest BCUT2D eigenvalue weighted by Gasteiger charge is -2.41. The smallest absolute Gasteiger partial charge is 0.272 e. The summed E-state index contributed by atoms with van der Waals surface area (Å²) in [7, 11) is 1.60. The fourth-order valence-electron chi connectivity index (χ4n) is 3.09. The molecule has 1 N–H and O–H groups in total. The van der Waals surface area contributed by atoms with Crippen molar-refractivity contribution in [2.75, 3.05) is 20.1 Å². The molecule has 0 saturated carbocycles. The number of piperidine rings is 1. The zero-order chi connectivity index (χ0) is 16.3. The summed E-state index contributed by atoms with van der Waals surface area (Å²) in [6, 6.07) is 7.02. The van der Waals surface area contributed by atoms with Gasteiger partial charge in [-0.3, -0.25) is 19.3 Å². The Morgan fingerprint density at radius 3 is 2.78 bits per heavy atom. The fraction of sp³-hybridized carbons (Fsp3) is 0.375. The number of aromatic nitrogens is 3. The van der Waals surface area contributed by atoms with Crippen molar-refractivity contribution in [3.8, 4) is 0 Å². The van der Waals surface area contributed by atoms with Crippen molar-refractivity contribution < 1.29 is 9.59 Å². The SMILES string of the molecule is CNC(=O)C1(n2cccn2)CCCN(C(=O)c2ccccn2)C1. The van der Waals surface area contributed by atoms with Crippen LogP contribution in [0.3, 0.4) is 0 Å². The molecule has 1 unspecified atom stereocenters. The lowest BCUT2D eigenvalue weighted by Crippen LogP contribution is -2.59. The number of nitrogens with zero attached hydrogens (tertiary/aromatic N) is 4. The molecule has 1 saturated heterocycles. The van der Waals surface area contributed by atoms with Crippen molar-refractivity contribution in [3.05, 3.63) is 48.5 Å². The van der Waals surface area contributed by atoms with Gasteiger partial charge in [-0.25, -0.2) is 0 Å². The summed E-state index contributed by atoms with van der Waals surface area (Å²) in [5, 5.41) is 6.96. The molecule has 2 aromatic heterocycles. The zero-order valence-corrected chi connectivity index (χ0v) is 13.0. The van der Waals surface area contributed by atoms with Gasteiger partial charge < -0.3 is 10.2 Å². The first-order valence-electron chi connectivity index (χ1n) is 7.60. The molecule has 1 atom stereocenters. The lowest BCUT2D eigenvalue weighted by atomic mass is 9.87. The van der Waals surface area contributed by atoms with E-state index in [4.69, 9.17) is 0 Å². The van der Waals surface area contributed by atoms with E-state index in [1.807, 2.05) is 0 Å². The molecule has 7 nitrogen and oxygen atoms in total. The van der Waals surface area contributed by atoms with Gasteiger partial charge in [-0.2, -0.15) is 5.10 Å². The molecule has 1 aliphatic rings. The van der Waals surface area contributed by atoms with Gasteiger partial charge in [0.2, 0.25) is 5.91 Å². The number of pyridine rings is 1. The van der Waals surface area contributed by atoms with Gasteiger partial charge in [0.1, 0.15) is 5.69 Å². The highest BCUT2D eigenvalue weighted by Crippen LogP contribution is 2.29. The van der Waals surface area contributed by atoms with E-state index in [0.29, 0.717) is 18.7 Å². The largest absolute Gasteiger partial charge is 0.357 e. The lowest BCUT2D eigenvalue weighted by molar-refractivity contribution is -0.132. The molecule has 23 heavy (non-hydrogen) atoms. The average molecular weight is 313 g/mol. The molecule has 0 aliphatic carbocycles. The average Bonchev–Trinajstić information content (AvgIpc) is 3.16. The molecular weight excluding hydrogens is 294 g/mol. The quantitative estimate of drug-likeness (QED) is 0.902. The molecule has 120 valence electrons. The monoisotopic (exact) mass is 313 g/mol. The zero-order valence-electron chi connectivity index (χ0n) is 13.0. The van der Waals surface area contributed by atoms with Crippen LogP contribution in [0.5, 0.6) is 0 Å². The molecule has 0 spiro atoms. The van der Waals surface area contributed by atoms with Crippen LogP contribution >= 0.6 is 0 Å². The van der Waals surface area contributed by atoms with E-state index in [1.54, 1.807) is 59.5 Å². The maximum Gasteiger partial charge on any atom is 0.272 e. The van der Waals surface area contributed by atoms with E-state index < -0.39 is 5.54 Å². The van der Waals surface area contributed by atoms with E-state index in [1.165, 1.54) is 0 Å². The topological polar surface area (TPSA) is 80.1 Å². The first-order chi connectivity index (χ1) is 11.2. The number of amides is 2. The summed E-state index contributed by atoms with van der Waals surface area (Å²) < 4.78 is 1.66. The Morgan fingerprint density at radius 1 is 1.26 bits per heavy atom. The van der Waals surface area contributed by atoms with Crippen LogP contribution < -0.4 is 5.32 Å². The van der Waals surface area contributed by atoms with Crippen LogP contribution in [0, 0.1) is 0 Å². The van der Waals surface area contributed by atoms with Crippen molar-refractivity contribution in [2.24, 2.45) is 0 Å². The van der Waals surface area contributed by atoms with Crippen molar-refractivity contribution in [3.63, 3.8) is 0 Å². The Kier molecular flexibility index (Phi) is 4.10. The molecule has 2 amide bonds. The molecule has 0 bridgehead atoms. The molecule has 1 aliphatic heterocycles. The van der Waals surface area contributed by atoms with Crippen LogP contribution in [-0.4, -0.2) is 51.6 Å². The summed E-state index contributed by atoms with van der Waals surface area (Å²) in [5.74, 6) is -0.301. The van der Waals surface area contributed by atoms with E-state index in [0.717, 1.165) is 6.42 Å². The van der Waals surface area contributed by atoms with E-state index in [2.05, 4.69) is 15.4 Å². The van der Waals surface area contributed by atoms with Crippen LogP contribution in [0.2, 0.25) is 0 Å². The molecule has 7 heteroatoms. The van der Waals surface area contributed by atoms with Gasteiger partial charge in [0.15, 0.2) is 5.54 Å². The number of likely N-dealkylation sites (tertiary alicyclic amines) is 1. The number of hydrogen-bond acceptors (Lipinski definition) is 4. The van der Waals surface area contributed by atoms with Gasteiger partial charge in [-0.1, -0.05) is 6.07 Å². The van der Waals surface area contributed by atoms with Crippen LogP contribution in [0.15, 0.2) is 42.9 Å². The van der Waals surface area contributed by atoms with Gasteiger partial charge in [0.05, 0.1) is 6.54 Å². The van der Waals surface area contributed by atoms with Gasteiger partial charge in [0, 0.05) is 32.2 Å². The van der Waals surface area contributed by atoms with Crippen molar-refractivity contribution in [1.29, 1.82) is 0 Å². The Morgan fingerprint density at radius 2 is 2.13 bits per heavy atom. The Bertz CT molecular complexity index is 686. The Labute approximate surface area is 134 Å². The normalized spacial score (nSPS) is 21.0. The number of nitrogens with one attached hydrogen (secondary N) is 1. The molecule has 0 radical (unpaired) electrons. The van der Waals surface area contributed by atoms with Gasteiger partial charge in [-0.05, 0) is 31.0 Å². The van der Waals surface area contributed by atoms with E-state index in [9.17, 15) is 9.59 Å². The van der Waals surface area contributed by atoms with Crippen molar-refractivity contribution in [1.82, 2.24) is 25.0 Å². The predicted octanol–water partition coefficient (Wildman–Crippen LogP) is 0.656. The minimum Gasteiger partial charge on any atom is -0.357 e. The summed E-state index contributed by atoms with van der Waals surface area (Å²) >= 11 is 0. The van der Waals surface area contributed by atoms with Crippen LogP contribution in [0.4, 0.5) is 0 Å². The van der Waals surface area contributed by atoms with E-state index in [-0.39, 0.29) is 18.4 Å². The molecule has 3 heterocycles. The molecule has 0 aromatic carbocycles. The Hall–Kier alpha value is -2.70. The molecular formula is C16H19N5O2. The van der Waals surface area contributed by atoms with Gasteiger partial charge in [0.25, 0.3) is 5.91 Å².